The second-order valence-electron chi connectivity index (χ2n) is 7.58. The number of carbonyl (C=O) groups is 1. The molecule has 0 bridgehead atoms. The number of amides is 1. The maximum atomic E-state index is 12.4. The monoisotopic (exact) mass is 374 g/mol. The first-order valence-electron chi connectivity index (χ1n) is 9.81. The van der Waals surface area contributed by atoms with E-state index < -0.39 is 0 Å². The number of carbonyl (C=O) groups excluding carboxylic acids is 1. The van der Waals surface area contributed by atoms with Crippen molar-refractivity contribution in [2.24, 2.45) is 0 Å². The number of nitrogens with one attached hydrogen (secondary N) is 2. The first kappa shape index (κ1) is 18.3. The van der Waals surface area contributed by atoms with Crippen LogP contribution in [-0.2, 0) is 0 Å². The van der Waals surface area contributed by atoms with Gasteiger partial charge < -0.3 is 10.6 Å². The molecule has 2 N–H and O–H groups in total. The molecular formula is C23H26N4O. The van der Waals surface area contributed by atoms with Crippen molar-refractivity contribution in [1.82, 2.24) is 15.1 Å². The van der Waals surface area contributed by atoms with E-state index in [4.69, 9.17) is 0 Å². The van der Waals surface area contributed by atoms with Gasteiger partial charge in [-0.3, -0.25) is 4.79 Å². The summed E-state index contributed by atoms with van der Waals surface area (Å²) in [6.45, 7) is 6.26. The molecule has 1 atom stereocenters. The zero-order valence-electron chi connectivity index (χ0n) is 16.6. The molecular weight excluding hydrogens is 348 g/mol. The summed E-state index contributed by atoms with van der Waals surface area (Å²) in [5.41, 5.74) is 6.07. The zero-order valence-corrected chi connectivity index (χ0v) is 16.6. The predicted molar refractivity (Wildman–Crippen MR) is 112 cm³/mol. The van der Waals surface area contributed by atoms with Crippen LogP contribution >= 0.6 is 0 Å². The molecule has 0 spiro atoms. The molecule has 0 radical (unpaired) electrons. The van der Waals surface area contributed by atoms with E-state index in [2.05, 4.69) is 36.5 Å². The van der Waals surface area contributed by atoms with Crippen molar-refractivity contribution >= 4 is 11.6 Å². The molecule has 28 heavy (non-hydrogen) atoms. The summed E-state index contributed by atoms with van der Waals surface area (Å²) in [6, 6.07) is 16.4. The van der Waals surface area contributed by atoms with E-state index in [9.17, 15) is 4.79 Å². The van der Waals surface area contributed by atoms with Gasteiger partial charge in [0.1, 0.15) is 0 Å². The summed E-state index contributed by atoms with van der Waals surface area (Å²) in [5.74, 6) is 0.00582. The van der Waals surface area contributed by atoms with Gasteiger partial charge in [0.25, 0.3) is 5.91 Å². The van der Waals surface area contributed by atoms with Crippen molar-refractivity contribution in [2.75, 3.05) is 5.32 Å². The number of para-hydroxylation sites is 1. The SMILES string of the molecule is Cc1ccc(C(=O)NC2CC2)cc1NC(C)c1cnn(-c2ccccc2)c1C. The summed E-state index contributed by atoms with van der Waals surface area (Å²) < 4.78 is 1.96. The lowest BCUT2D eigenvalue weighted by molar-refractivity contribution is 0.0951. The highest BCUT2D eigenvalue weighted by molar-refractivity contribution is 5.95. The Balaban J connectivity index is 1.54. The molecule has 1 unspecified atom stereocenters. The third kappa shape index (κ3) is 3.79. The number of aryl methyl sites for hydroxylation is 1. The van der Waals surface area contributed by atoms with Gasteiger partial charge in [-0.2, -0.15) is 5.10 Å². The number of hydrogen-bond acceptors (Lipinski definition) is 3. The van der Waals surface area contributed by atoms with Crippen molar-refractivity contribution < 1.29 is 4.79 Å². The van der Waals surface area contributed by atoms with E-state index in [1.54, 1.807) is 0 Å². The van der Waals surface area contributed by atoms with Crippen LogP contribution in [0.1, 0.15) is 53.0 Å². The second-order valence-corrected chi connectivity index (χ2v) is 7.58. The van der Waals surface area contributed by atoms with Crippen molar-refractivity contribution in [3.8, 4) is 5.69 Å². The fraction of sp³-hybridized carbons (Fsp3) is 0.304. The summed E-state index contributed by atoms with van der Waals surface area (Å²) in [6.07, 6.45) is 4.09. The molecule has 5 heteroatoms. The van der Waals surface area contributed by atoms with E-state index in [1.807, 2.05) is 59.4 Å². The van der Waals surface area contributed by atoms with Gasteiger partial charge in [-0.1, -0.05) is 24.3 Å². The van der Waals surface area contributed by atoms with Crippen molar-refractivity contribution in [2.45, 2.75) is 45.7 Å². The molecule has 1 aromatic heterocycles. The Morgan fingerprint density at radius 2 is 1.89 bits per heavy atom. The first-order chi connectivity index (χ1) is 13.5. The number of rotatable bonds is 6. The van der Waals surface area contributed by atoms with Crippen LogP contribution in [0.4, 0.5) is 5.69 Å². The maximum Gasteiger partial charge on any atom is 0.251 e. The minimum atomic E-state index is 0.00582. The van der Waals surface area contributed by atoms with E-state index in [0.717, 1.165) is 41.0 Å². The van der Waals surface area contributed by atoms with Gasteiger partial charge in [0.15, 0.2) is 0 Å². The van der Waals surface area contributed by atoms with Crippen LogP contribution in [-0.4, -0.2) is 21.7 Å². The predicted octanol–water partition coefficient (Wildman–Crippen LogP) is 4.55. The number of anilines is 1. The minimum absolute atomic E-state index is 0.00582. The molecule has 5 nitrogen and oxygen atoms in total. The summed E-state index contributed by atoms with van der Waals surface area (Å²) in [4.78, 5) is 12.4. The van der Waals surface area contributed by atoms with E-state index in [1.165, 1.54) is 0 Å². The topological polar surface area (TPSA) is 59.0 Å². The molecule has 1 amide bonds. The van der Waals surface area contributed by atoms with Gasteiger partial charge in [0, 0.05) is 28.6 Å². The molecule has 3 aromatic rings. The highest BCUT2D eigenvalue weighted by Gasteiger charge is 2.24. The first-order valence-corrected chi connectivity index (χ1v) is 9.81. The zero-order chi connectivity index (χ0) is 19.7. The van der Waals surface area contributed by atoms with Crippen molar-refractivity contribution in [3.63, 3.8) is 0 Å². The Morgan fingerprint density at radius 3 is 2.61 bits per heavy atom. The van der Waals surface area contributed by atoms with Crippen molar-refractivity contribution in [3.05, 3.63) is 77.1 Å². The average Bonchev–Trinajstić information content (AvgIpc) is 3.42. The Kier molecular flexibility index (Phi) is 4.90. The van der Waals surface area contributed by atoms with E-state index in [-0.39, 0.29) is 11.9 Å². The Bertz CT molecular complexity index is 989. The van der Waals surface area contributed by atoms with Crippen LogP contribution < -0.4 is 10.6 Å². The smallest absolute Gasteiger partial charge is 0.251 e. The molecule has 144 valence electrons. The van der Waals surface area contributed by atoms with Crippen LogP contribution in [0.25, 0.3) is 5.69 Å². The van der Waals surface area contributed by atoms with E-state index >= 15 is 0 Å². The third-order valence-electron chi connectivity index (χ3n) is 5.30. The molecule has 1 aliphatic rings. The summed E-state index contributed by atoms with van der Waals surface area (Å²) in [7, 11) is 0. The van der Waals surface area contributed by atoms with Gasteiger partial charge in [0.2, 0.25) is 0 Å². The molecule has 0 aliphatic heterocycles. The van der Waals surface area contributed by atoms with Gasteiger partial charge in [0.05, 0.1) is 17.9 Å². The standard InChI is InChI=1S/C23H26N4O/c1-15-9-10-18(23(28)26-19-11-12-19)13-22(15)25-16(2)21-14-24-27(17(21)3)20-7-5-4-6-8-20/h4-10,13-14,16,19,25H,11-12H2,1-3H3,(H,26,28). The molecule has 1 heterocycles. The summed E-state index contributed by atoms with van der Waals surface area (Å²) >= 11 is 0. The Labute approximate surface area is 165 Å². The molecule has 2 aromatic carbocycles. The minimum Gasteiger partial charge on any atom is -0.378 e. The quantitative estimate of drug-likeness (QED) is 0.665. The largest absolute Gasteiger partial charge is 0.378 e. The van der Waals surface area contributed by atoms with Gasteiger partial charge >= 0.3 is 0 Å². The van der Waals surface area contributed by atoms with Gasteiger partial charge in [-0.05, 0) is 63.4 Å². The Morgan fingerprint density at radius 1 is 1.14 bits per heavy atom. The average molecular weight is 374 g/mol. The number of hydrogen-bond donors (Lipinski definition) is 2. The molecule has 0 saturated heterocycles. The fourth-order valence-corrected chi connectivity index (χ4v) is 3.40. The van der Waals surface area contributed by atoms with Crippen LogP contribution in [0.2, 0.25) is 0 Å². The van der Waals surface area contributed by atoms with E-state index in [0.29, 0.717) is 11.6 Å². The normalized spacial score (nSPS) is 14.5. The lowest BCUT2D eigenvalue weighted by atomic mass is 10.1. The van der Waals surface area contributed by atoms with Gasteiger partial charge in [-0.15, -0.1) is 0 Å². The third-order valence-corrected chi connectivity index (χ3v) is 5.30. The molecule has 4 rings (SSSR count). The highest BCUT2D eigenvalue weighted by Crippen LogP contribution is 2.27. The molecule has 1 fully saturated rings. The molecule has 1 saturated carbocycles. The van der Waals surface area contributed by atoms with Crippen LogP contribution in [0.15, 0.2) is 54.7 Å². The lowest BCUT2D eigenvalue weighted by Crippen LogP contribution is -2.25. The van der Waals surface area contributed by atoms with Crippen LogP contribution in [0, 0.1) is 13.8 Å². The van der Waals surface area contributed by atoms with Crippen LogP contribution in [0.5, 0.6) is 0 Å². The van der Waals surface area contributed by atoms with Crippen LogP contribution in [0.3, 0.4) is 0 Å². The molecule has 1 aliphatic carbocycles. The Hall–Kier alpha value is -3.08. The number of nitrogens with zero attached hydrogens (tertiary/aromatic N) is 2. The maximum absolute atomic E-state index is 12.4. The summed E-state index contributed by atoms with van der Waals surface area (Å²) in [5, 5.41) is 11.2. The second kappa shape index (κ2) is 7.50. The number of aromatic nitrogens is 2. The fourth-order valence-electron chi connectivity index (χ4n) is 3.40. The number of benzene rings is 2. The van der Waals surface area contributed by atoms with Crippen molar-refractivity contribution in [1.29, 1.82) is 0 Å². The van der Waals surface area contributed by atoms with Gasteiger partial charge in [-0.25, -0.2) is 4.68 Å². The highest BCUT2D eigenvalue weighted by atomic mass is 16.1. The lowest BCUT2D eigenvalue weighted by Gasteiger charge is -2.18.